The van der Waals surface area contributed by atoms with E-state index in [-0.39, 0.29) is 0 Å². The van der Waals surface area contributed by atoms with E-state index in [9.17, 15) is 0 Å². The Hall–Kier alpha value is -1.81. The SMILES string of the molecule is CCn1ccnc1COc1ccc2ccccc2c1Br. The van der Waals surface area contributed by atoms with Crippen LogP contribution < -0.4 is 4.74 Å². The maximum atomic E-state index is 5.90. The molecule has 4 heteroatoms. The van der Waals surface area contributed by atoms with Crippen molar-refractivity contribution in [1.82, 2.24) is 9.55 Å². The minimum Gasteiger partial charge on any atom is -0.484 e. The molecular formula is C16H15BrN2O. The highest BCUT2D eigenvalue weighted by Crippen LogP contribution is 2.33. The van der Waals surface area contributed by atoms with Crippen molar-refractivity contribution in [1.29, 1.82) is 0 Å². The second-order valence-corrected chi connectivity index (χ2v) is 5.31. The van der Waals surface area contributed by atoms with Crippen molar-refractivity contribution in [2.75, 3.05) is 0 Å². The Morgan fingerprint density at radius 2 is 2.05 bits per heavy atom. The fraction of sp³-hybridized carbons (Fsp3) is 0.188. The van der Waals surface area contributed by atoms with Gasteiger partial charge in [-0.05, 0) is 39.7 Å². The number of hydrogen-bond acceptors (Lipinski definition) is 2. The Balaban J connectivity index is 1.86. The second kappa shape index (κ2) is 5.67. The molecule has 0 aliphatic heterocycles. The lowest BCUT2D eigenvalue weighted by molar-refractivity contribution is 0.288. The molecule has 3 nitrogen and oxygen atoms in total. The van der Waals surface area contributed by atoms with E-state index in [1.807, 2.05) is 24.4 Å². The summed E-state index contributed by atoms with van der Waals surface area (Å²) in [6.07, 6.45) is 3.77. The van der Waals surface area contributed by atoms with Gasteiger partial charge >= 0.3 is 0 Å². The standard InChI is InChI=1S/C16H15BrN2O/c1-2-19-10-9-18-15(19)11-20-14-8-7-12-5-3-4-6-13(12)16(14)17/h3-10H,2,11H2,1H3. The molecule has 0 radical (unpaired) electrons. The first-order valence-electron chi connectivity index (χ1n) is 6.59. The fourth-order valence-electron chi connectivity index (χ4n) is 2.24. The molecule has 1 aromatic heterocycles. The molecule has 0 bridgehead atoms. The van der Waals surface area contributed by atoms with E-state index in [0.29, 0.717) is 6.61 Å². The zero-order valence-electron chi connectivity index (χ0n) is 11.2. The molecule has 0 N–H and O–H groups in total. The van der Waals surface area contributed by atoms with Crippen LogP contribution >= 0.6 is 15.9 Å². The van der Waals surface area contributed by atoms with Crippen molar-refractivity contribution in [3.05, 3.63) is 59.1 Å². The fourth-order valence-corrected chi connectivity index (χ4v) is 2.84. The first-order valence-corrected chi connectivity index (χ1v) is 7.39. The molecule has 102 valence electrons. The van der Waals surface area contributed by atoms with E-state index in [0.717, 1.165) is 28.0 Å². The highest BCUT2D eigenvalue weighted by Gasteiger charge is 2.08. The minimum absolute atomic E-state index is 0.470. The zero-order chi connectivity index (χ0) is 13.9. The van der Waals surface area contributed by atoms with Crippen molar-refractivity contribution in [2.45, 2.75) is 20.1 Å². The molecule has 0 spiro atoms. The third-order valence-electron chi connectivity index (χ3n) is 3.33. The largest absolute Gasteiger partial charge is 0.484 e. The lowest BCUT2D eigenvalue weighted by Gasteiger charge is -2.11. The predicted molar refractivity (Wildman–Crippen MR) is 83.9 cm³/mol. The first-order chi connectivity index (χ1) is 9.79. The van der Waals surface area contributed by atoms with Crippen molar-refractivity contribution in [2.24, 2.45) is 0 Å². The number of hydrogen-bond donors (Lipinski definition) is 0. The Bertz CT molecular complexity index is 736. The van der Waals surface area contributed by atoms with Gasteiger partial charge in [-0.2, -0.15) is 0 Å². The normalized spacial score (nSPS) is 10.9. The summed E-state index contributed by atoms with van der Waals surface area (Å²) in [7, 11) is 0. The average Bonchev–Trinajstić information content (AvgIpc) is 2.94. The molecule has 2 aromatic carbocycles. The number of benzene rings is 2. The molecule has 3 aromatic rings. The average molecular weight is 331 g/mol. The van der Waals surface area contributed by atoms with Crippen LogP contribution in [0, 0.1) is 0 Å². The van der Waals surface area contributed by atoms with Gasteiger partial charge in [0.25, 0.3) is 0 Å². The van der Waals surface area contributed by atoms with Crippen molar-refractivity contribution in [3.8, 4) is 5.75 Å². The Morgan fingerprint density at radius 1 is 1.20 bits per heavy atom. The Labute approximate surface area is 126 Å². The summed E-state index contributed by atoms with van der Waals surface area (Å²) in [4.78, 5) is 4.32. The maximum absolute atomic E-state index is 5.90. The first kappa shape index (κ1) is 13.2. The number of ether oxygens (including phenoxy) is 1. The molecule has 0 unspecified atom stereocenters. The number of halogens is 1. The molecule has 0 aliphatic rings. The van der Waals surface area contributed by atoms with Crippen molar-refractivity contribution in [3.63, 3.8) is 0 Å². The summed E-state index contributed by atoms with van der Waals surface area (Å²) in [5.74, 6) is 1.78. The predicted octanol–water partition coefficient (Wildman–Crippen LogP) is 4.40. The summed E-state index contributed by atoms with van der Waals surface area (Å²) in [6.45, 7) is 3.46. The van der Waals surface area contributed by atoms with Crippen LogP contribution in [0.5, 0.6) is 5.75 Å². The van der Waals surface area contributed by atoms with E-state index in [4.69, 9.17) is 4.74 Å². The van der Waals surface area contributed by atoms with Crippen LogP contribution in [0.2, 0.25) is 0 Å². The summed E-state index contributed by atoms with van der Waals surface area (Å²) in [5, 5.41) is 2.35. The van der Waals surface area contributed by atoms with Gasteiger partial charge < -0.3 is 9.30 Å². The number of rotatable bonds is 4. The monoisotopic (exact) mass is 330 g/mol. The quantitative estimate of drug-likeness (QED) is 0.709. The van der Waals surface area contributed by atoms with Crippen molar-refractivity contribution < 1.29 is 4.74 Å². The Kier molecular flexibility index (Phi) is 3.74. The second-order valence-electron chi connectivity index (χ2n) is 4.52. The molecular weight excluding hydrogens is 316 g/mol. The van der Waals surface area contributed by atoms with Gasteiger partial charge in [-0.1, -0.05) is 30.3 Å². The summed E-state index contributed by atoms with van der Waals surface area (Å²) < 4.78 is 8.97. The topological polar surface area (TPSA) is 27.1 Å². The smallest absolute Gasteiger partial charge is 0.146 e. The van der Waals surface area contributed by atoms with Gasteiger partial charge in [0.05, 0.1) is 4.47 Å². The Morgan fingerprint density at radius 3 is 2.90 bits per heavy atom. The lowest BCUT2D eigenvalue weighted by Crippen LogP contribution is -2.05. The molecule has 0 saturated heterocycles. The molecule has 0 aliphatic carbocycles. The van der Waals surface area contributed by atoms with Crippen LogP contribution in [0.25, 0.3) is 10.8 Å². The van der Waals surface area contributed by atoms with Crippen LogP contribution in [-0.2, 0) is 13.2 Å². The van der Waals surface area contributed by atoms with Crippen LogP contribution in [0.3, 0.4) is 0 Å². The van der Waals surface area contributed by atoms with Crippen molar-refractivity contribution >= 4 is 26.7 Å². The molecule has 0 amide bonds. The van der Waals surface area contributed by atoms with Gasteiger partial charge in [0.1, 0.15) is 18.2 Å². The lowest BCUT2D eigenvalue weighted by atomic mass is 10.1. The van der Waals surface area contributed by atoms with Crippen LogP contribution in [0.1, 0.15) is 12.7 Å². The van der Waals surface area contributed by atoms with E-state index in [2.05, 4.69) is 50.6 Å². The molecule has 3 rings (SSSR count). The van der Waals surface area contributed by atoms with Gasteiger partial charge in [-0.3, -0.25) is 0 Å². The zero-order valence-corrected chi connectivity index (χ0v) is 12.8. The third-order valence-corrected chi connectivity index (χ3v) is 4.14. The van der Waals surface area contributed by atoms with E-state index >= 15 is 0 Å². The van der Waals surface area contributed by atoms with E-state index in [1.54, 1.807) is 6.20 Å². The van der Waals surface area contributed by atoms with Crippen LogP contribution in [-0.4, -0.2) is 9.55 Å². The van der Waals surface area contributed by atoms with Crippen LogP contribution in [0.4, 0.5) is 0 Å². The molecule has 0 saturated carbocycles. The summed E-state index contributed by atoms with van der Waals surface area (Å²) in [6, 6.07) is 12.3. The minimum atomic E-state index is 0.470. The van der Waals surface area contributed by atoms with E-state index in [1.165, 1.54) is 5.39 Å². The van der Waals surface area contributed by atoms with Gasteiger partial charge in [0.15, 0.2) is 0 Å². The van der Waals surface area contributed by atoms with Gasteiger partial charge in [-0.25, -0.2) is 4.98 Å². The molecule has 0 atom stereocenters. The molecule has 20 heavy (non-hydrogen) atoms. The highest BCUT2D eigenvalue weighted by molar-refractivity contribution is 9.10. The van der Waals surface area contributed by atoms with Gasteiger partial charge in [-0.15, -0.1) is 0 Å². The number of aromatic nitrogens is 2. The molecule has 1 heterocycles. The summed E-state index contributed by atoms with van der Waals surface area (Å²) >= 11 is 3.63. The highest BCUT2D eigenvalue weighted by atomic mass is 79.9. The number of imidazole rings is 1. The molecule has 0 fully saturated rings. The van der Waals surface area contributed by atoms with Gasteiger partial charge in [0, 0.05) is 18.9 Å². The number of aryl methyl sites for hydroxylation is 1. The van der Waals surface area contributed by atoms with Gasteiger partial charge in [0.2, 0.25) is 0 Å². The van der Waals surface area contributed by atoms with E-state index < -0.39 is 0 Å². The number of nitrogens with zero attached hydrogens (tertiary/aromatic N) is 2. The maximum Gasteiger partial charge on any atom is 0.146 e. The number of fused-ring (bicyclic) bond motifs is 1. The third kappa shape index (κ3) is 2.43. The van der Waals surface area contributed by atoms with Crippen LogP contribution in [0.15, 0.2) is 53.3 Å². The summed E-state index contributed by atoms with van der Waals surface area (Å²) in [5.41, 5.74) is 0.